The molecule has 1 unspecified atom stereocenters. The first-order valence-electron chi connectivity index (χ1n) is 10.2. The topological polar surface area (TPSA) is 66.8 Å². The number of methoxy groups -OCH3 is 1. The number of aliphatic hydroxyl groups is 1. The van der Waals surface area contributed by atoms with Gasteiger partial charge in [-0.05, 0) is 54.8 Å². The van der Waals surface area contributed by atoms with Crippen molar-refractivity contribution in [2.45, 2.75) is 19.9 Å². The van der Waals surface area contributed by atoms with Gasteiger partial charge in [0.2, 0.25) is 0 Å². The minimum absolute atomic E-state index is 0.0676. The first kappa shape index (κ1) is 22.9. The number of nitrogens with zero attached hydrogens (tertiary/aromatic N) is 1. The Morgan fingerprint density at radius 1 is 0.970 bits per heavy atom. The molecule has 0 aliphatic carbocycles. The zero-order valence-electron chi connectivity index (χ0n) is 18.2. The average molecular weight is 482 g/mol. The van der Waals surface area contributed by atoms with Crippen molar-refractivity contribution < 1.29 is 19.4 Å². The third-order valence-corrected chi connectivity index (χ3v) is 6.01. The molecular formula is C26H21Cl2NO4. The maximum atomic E-state index is 13.3. The lowest BCUT2D eigenvalue weighted by atomic mass is 9.94. The summed E-state index contributed by atoms with van der Waals surface area (Å²) in [5.41, 5.74) is 3.20. The summed E-state index contributed by atoms with van der Waals surface area (Å²) in [5, 5.41) is 11.8. The van der Waals surface area contributed by atoms with E-state index in [9.17, 15) is 14.7 Å². The highest BCUT2D eigenvalue weighted by Gasteiger charge is 2.47. The summed E-state index contributed by atoms with van der Waals surface area (Å²) in [5.74, 6) is -1.79. The Hall–Kier alpha value is -3.28. The van der Waals surface area contributed by atoms with Gasteiger partial charge in [-0.1, -0.05) is 59.6 Å². The van der Waals surface area contributed by atoms with Crippen LogP contribution in [-0.2, 0) is 9.59 Å². The van der Waals surface area contributed by atoms with Crippen molar-refractivity contribution >= 4 is 46.3 Å². The number of benzene rings is 3. The van der Waals surface area contributed by atoms with Crippen LogP contribution in [-0.4, -0.2) is 23.9 Å². The number of carbonyl (C=O) groups is 2. The van der Waals surface area contributed by atoms with Crippen LogP contribution in [0.3, 0.4) is 0 Å². The number of hydrogen-bond acceptors (Lipinski definition) is 4. The number of carbonyl (C=O) groups excluding carboxylic acids is 2. The second-order valence-corrected chi connectivity index (χ2v) is 8.74. The van der Waals surface area contributed by atoms with Crippen LogP contribution in [0.15, 0.2) is 66.2 Å². The smallest absolute Gasteiger partial charge is 0.300 e. The molecule has 0 saturated carbocycles. The third-order valence-electron chi connectivity index (χ3n) is 5.51. The molecule has 168 valence electrons. The number of ketones is 1. The lowest BCUT2D eigenvalue weighted by molar-refractivity contribution is -0.132. The lowest BCUT2D eigenvalue weighted by Gasteiger charge is -2.26. The zero-order valence-corrected chi connectivity index (χ0v) is 19.7. The van der Waals surface area contributed by atoms with E-state index in [2.05, 4.69) is 0 Å². The number of aryl methyl sites for hydroxylation is 2. The molecule has 5 nitrogen and oxygen atoms in total. The molecule has 7 heteroatoms. The first-order valence-corrected chi connectivity index (χ1v) is 11.0. The Morgan fingerprint density at radius 3 is 2.21 bits per heavy atom. The summed E-state index contributed by atoms with van der Waals surface area (Å²) in [4.78, 5) is 28.0. The SMILES string of the molecule is COc1c(Cl)cc(Cl)cc1/C(O)=C1\C(=O)C(=O)N(c2cc(C)cc(C)c2)C1c1ccccc1. The van der Waals surface area contributed by atoms with Crippen molar-refractivity contribution in [2.24, 2.45) is 0 Å². The summed E-state index contributed by atoms with van der Waals surface area (Å²) in [6.07, 6.45) is 0. The Labute approximate surface area is 201 Å². The molecule has 1 N–H and O–H groups in total. The van der Waals surface area contributed by atoms with Gasteiger partial charge in [-0.3, -0.25) is 14.5 Å². The predicted molar refractivity (Wildman–Crippen MR) is 130 cm³/mol. The number of amides is 1. The molecular weight excluding hydrogens is 461 g/mol. The predicted octanol–water partition coefficient (Wildman–Crippen LogP) is 6.25. The highest BCUT2D eigenvalue weighted by molar-refractivity contribution is 6.52. The van der Waals surface area contributed by atoms with Crippen LogP contribution in [0.1, 0.15) is 28.3 Å². The van der Waals surface area contributed by atoms with E-state index in [1.807, 2.05) is 62.4 Å². The lowest BCUT2D eigenvalue weighted by Crippen LogP contribution is -2.29. The van der Waals surface area contributed by atoms with Crippen molar-refractivity contribution in [3.05, 3.63) is 98.5 Å². The van der Waals surface area contributed by atoms with E-state index in [4.69, 9.17) is 27.9 Å². The molecule has 1 amide bonds. The van der Waals surface area contributed by atoms with E-state index in [0.717, 1.165) is 11.1 Å². The van der Waals surface area contributed by atoms with Gasteiger partial charge < -0.3 is 9.84 Å². The molecule has 1 aliphatic rings. The molecule has 1 heterocycles. The fourth-order valence-corrected chi connectivity index (χ4v) is 4.80. The normalized spacial score (nSPS) is 17.5. The molecule has 0 aromatic heterocycles. The maximum absolute atomic E-state index is 13.3. The van der Waals surface area contributed by atoms with Crippen LogP contribution < -0.4 is 9.64 Å². The maximum Gasteiger partial charge on any atom is 0.300 e. The van der Waals surface area contributed by atoms with Gasteiger partial charge in [-0.15, -0.1) is 0 Å². The molecule has 4 rings (SSSR count). The third kappa shape index (κ3) is 4.10. The monoisotopic (exact) mass is 481 g/mol. The number of ether oxygens (including phenoxy) is 1. The molecule has 0 bridgehead atoms. The molecule has 1 atom stereocenters. The number of hydrogen-bond donors (Lipinski definition) is 1. The van der Waals surface area contributed by atoms with Gasteiger partial charge in [0.05, 0.1) is 29.3 Å². The molecule has 33 heavy (non-hydrogen) atoms. The number of rotatable bonds is 4. The summed E-state index contributed by atoms with van der Waals surface area (Å²) in [6.45, 7) is 3.84. The van der Waals surface area contributed by atoms with Gasteiger partial charge in [0.1, 0.15) is 11.5 Å². The van der Waals surface area contributed by atoms with Crippen molar-refractivity contribution in [3.63, 3.8) is 0 Å². The molecule has 1 saturated heterocycles. The van der Waals surface area contributed by atoms with Crippen molar-refractivity contribution in [2.75, 3.05) is 12.0 Å². The van der Waals surface area contributed by atoms with Crippen LogP contribution in [0.25, 0.3) is 5.76 Å². The van der Waals surface area contributed by atoms with Crippen LogP contribution in [0, 0.1) is 13.8 Å². The highest BCUT2D eigenvalue weighted by atomic mass is 35.5. The van der Waals surface area contributed by atoms with Gasteiger partial charge in [0, 0.05) is 10.7 Å². The van der Waals surface area contributed by atoms with Crippen LogP contribution >= 0.6 is 23.2 Å². The van der Waals surface area contributed by atoms with Crippen molar-refractivity contribution in [1.82, 2.24) is 0 Å². The fraction of sp³-hybridized carbons (Fsp3) is 0.154. The highest BCUT2D eigenvalue weighted by Crippen LogP contribution is 2.45. The Bertz CT molecular complexity index is 1280. The quantitative estimate of drug-likeness (QED) is 0.271. The molecule has 1 fully saturated rings. The molecule has 0 spiro atoms. The van der Waals surface area contributed by atoms with E-state index in [1.54, 1.807) is 0 Å². The van der Waals surface area contributed by atoms with E-state index in [0.29, 0.717) is 11.3 Å². The van der Waals surface area contributed by atoms with Gasteiger partial charge in [0.15, 0.2) is 0 Å². The van der Waals surface area contributed by atoms with E-state index < -0.39 is 23.5 Å². The molecule has 3 aromatic rings. The Kier molecular flexibility index (Phi) is 6.19. The largest absolute Gasteiger partial charge is 0.507 e. The number of anilines is 1. The number of Topliss-reactive ketones (excluding diaryl/α,β-unsaturated/α-hetero) is 1. The van der Waals surface area contributed by atoms with Crippen LogP contribution in [0.2, 0.25) is 10.0 Å². The standard InChI is InChI=1S/C26H21Cl2NO4/c1-14-9-15(2)11-18(10-14)29-22(16-7-5-4-6-8-16)21(24(31)26(29)32)23(30)19-12-17(27)13-20(28)25(19)33-3/h4-13,22,30H,1-3H3/b23-21+. The summed E-state index contributed by atoms with van der Waals surface area (Å²) < 4.78 is 5.36. The van der Waals surface area contributed by atoms with Crippen LogP contribution in [0.5, 0.6) is 5.75 Å². The number of halogens is 2. The summed E-state index contributed by atoms with van der Waals surface area (Å²) in [6, 6.07) is 16.8. The van der Waals surface area contributed by atoms with E-state index >= 15 is 0 Å². The van der Waals surface area contributed by atoms with E-state index in [-0.39, 0.29) is 26.9 Å². The van der Waals surface area contributed by atoms with Gasteiger partial charge in [-0.2, -0.15) is 0 Å². The van der Waals surface area contributed by atoms with Gasteiger partial charge in [0.25, 0.3) is 11.7 Å². The first-order chi connectivity index (χ1) is 15.7. The summed E-state index contributed by atoms with van der Waals surface area (Å²) in [7, 11) is 1.40. The minimum Gasteiger partial charge on any atom is -0.507 e. The average Bonchev–Trinajstić information content (AvgIpc) is 3.03. The fourth-order valence-electron chi connectivity index (χ4n) is 4.23. The molecule has 1 aliphatic heterocycles. The zero-order chi connectivity index (χ0) is 23.9. The molecule has 0 radical (unpaired) electrons. The summed E-state index contributed by atoms with van der Waals surface area (Å²) >= 11 is 12.4. The van der Waals surface area contributed by atoms with Gasteiger partial charge >= 0.3 is 0 Å². The number of aliphatic hydroxyl groups excluding tert-OH is 1. The van der Waals surface area contributed by atoms with Crippen LogP contribution in [0.4, 0.5) is 5.69 Å². The second-order valence-electron chi connectivity index (χ2n) is 7.89. The molecule has 3 aromatic carbocycles. The van der Waals surface area contributed by atoms with E-state index in [1.165, 1.54) is 24.1 Å². The van der Waals surface area contributed by atoms with Gasteiger partial charge in [-0.25, -0.2) is 0 Å². The minimum atomic E-state index is -0.852. The second kappa shape index (κ2) is 8.93. The Balaban J connectivity index is 2.02. The van der Waals surface area contributed by atoms with Crippen molar-refractivity contribution in [1.29, 1.82) is 0 Å². The van der Waals surface area contributed by atoms with Crippen molar-refractivity contribution in [3.8, 4) is 5.75 Å². The Morgan fingerprint density at radius 2 is 1.61 bits per heavy atom.